The minimum atomic E-state index is -0.933. The zero-order valence-electron chi connectivity index (χ0n) is 17.6. The van der Waals surface area contributed by atoms with Gasteiger partial charge in [0.05, 0.1) is 17.4 Å². The van der Waals surface area contributed by atoms with Gasteiger partial charge in [-0.05, 0) is 55.0 Å². The number of hydrogen-bond acceptors (Lipinski definition) is 4. The summed E-state index contributed by atoms with van der Waals surface area (Å²) in [5.41, 5.74) is 9.38. The van der Waals surface area contributed by atoms with Crippen LogP contribution >= 0.6 is 0 Å². The summed E-state index contributed by atoms with van der Waals surface area (Å²) in [6, 6.07) is 18.5. The number of benzene rings is 2. The van der Waals surface area contributed by atoms with Crippen LogP contribution in [-0.4, -0.2) is 40.6 Å². The Morgan fingerprint density at radius 2 is 1.68 bits per heavy atom. The summed E-state index contributed by atoms with van der Waals surface area (Å²) in [5, 5.41) is 10.4. The van der Waals surface area contributed by atoms with Gasteiger partial charge in [0.25, 0.3) is 0 Å². The summed E-state index contributed by atoms with van der Waals surface area (Å²) in [7, 11) is 3.89. The van der Waals surface area contributed by atoms with Crippen LogP contribution in [0.15, 0.2) is 73.1 Å². The lowest BCUT2D eigenvalue weighted by Gasteiger charge is -2.11. The molecule has 0 bridgehead atoms. The molecule has 31 heavy (non-hydrogen) atoms. The number of primary amides is 1. The van der Waals surface area contributed by atoms with E-state index in [-0.39, 0.29) is 11.6 Å². The molecule has 2 aromatic heterocycles. The third kappa shape index (κ3) is 4.56. The molecule has 3 N–H and O–H groups in total. The maximum atomic E-state index is 11.5. The van der Waals surface area contributed by atoms with Crippen molar-refractivity contribution >= 4 is 28.5 Å². The molecule has 4 aromatic rings. The number of aromatic nitrogens is 2. The minimum Gasteiger partial charge on any atom is -0.477 e. The smallest absolute Gasteiger partial charge is 0.353 e. The fraction of sp³-hybridized carbons (Fsp3) is 0.125. The number of carbonyl (C=O) groups excluding carboxylic acids is 1. The molecular formula is C24H24N4O3. The quantitative estimate of drug-likeness (QED) is 0.526. The first kappa shape index (κ1) is 21.6. The molecule has 158 valence electrons. The SMILES string of the molecule is CN(C)c1ccc(C(N)=O)cc1.Cc1c(C(=O)O)n(-c2cccnc2)c2ccccc12. The summed E-state index contributed by atoms with van der Waals surface area (Å²) >= 11 is 0. The Labute approximate surface area is 180 Å². The fourth-order valence-corrected chi connectivity index (χ4v) is 3.34. The van der Waals surface area contributed by atoms with Crippen molar-refractivity contribution in [2.45, 2.75) is 6.92 Å². The number of rotatable bonds is 4. The van der Waals surface area contributed by atoms with Crippen molar-refractivity contribution in [1.82, 2.24) is 9.55 Å². The number of para-hydroxylation sites is 1. The lowest BCUT2D eigenvalue weighted by Crippen LogP contribution is -2.12. The number of amides is 1. The maximum absolute atomic E-state index is 11.5. The molecule has 2 aromatic carbocycles. The predicted molar refractivity (Wildman–Crippen MR) is 122 cm³/mol. The molecule has 0 aliphatic heterocycles. The average molecular weight is 416 g/mol. The molecule has 0 aliphatic carbocycles. The highest BCUT2D eigenvalue weighted by Crippen LogP contribution is 2.28. The molecule has 2 heterocycles. The number of aromatic carboxylic acids is 1. The summed E-state index contributed by atoms with van der Waals surface area (Å²) in [4.78, 5) is 28.3. The number of pyridine rings is 1. The van der Waals surface area contributed by atoms with Crippen molar-refractivity contribution in [2.75, 3.05) is 19.0 Å². The van der Waals surface area contributed by atoms with Crippen molar-refractivity contribution < 1.29 is 14.7 Å². The van der Waals surface area contributed by atoms with Crippen LogP contribution in [-0.2, 0) is 0 Å². The van der Waals surface area contributed by atoms with Crippen LogP contribution in [0.3, 0.4) is 0 Å². The number of fused-ring (bicyclic) bond motifs is 1. The number of hydrogen-bond donors (Lipinski definition) is 2. The van der Waals surface area contributed by atoms with Crippen molar-refractivity contribution in [3.05, 3.63) is 89.9 Å². The molecule has 7 heteroatoms. The molecular weight excluding hydrogens is 392 g/mol. The first-order valence-electron chi connectivity index (χ1n) is 9.62. The van der Waals surface area contributed by atoms with Gasteiger partial charge in [-0.25, -0.2) is 4.79 Å². The highest BCUT2D eigenvalue weighted by Gasteiger charge is 2.20. The normalized spacial score (nSPS) is 10.3. The summed E-state index contributed by atoms with van der Waals surface area (Å²) in [5.74, 6) is -1.32. The van der Waals surface area contributed by atoms with E-state index in [4.69, 9.17) is 5.73 Å². The standard InChI is InChI=1S/C15H12N2O2.C9H12N2O/c1-10-12-6-2-3-7-13(12)17(14(10)15(18)19)11-5-4-8-16-9-11;1-11(2)8-5-3-7(4-6-8)9(10)12/h2-9H,1H3,(H,18,19);3-6H,1-2H3,(H2,10,12). The number of carboxylic acid groups (broad SMARTS) is 1. The zero-order valence-corrected chi connectivity index (χ0v) is 17.6. The van der Waals surface area contributed by atoms with Gasteiger partial charge in [0.1, 0.15) is 5.69 Å². The summed E-state index contributed by atoms with van der Waals surface area (Å²) in [6.07, 6.45) is 3.33. The van der Waals surface area contributed by atoms with Crippen molar-refractivity contribution in [3.63, 3.8) is 0 Å². The molecule has 0 radical (unpaired) electrons. The predicted octanol–water partition coefficient (Wildman–Crippen LogP) is 3.88. The van der Waals surface area contributed by atoms with E-state index in [2.05, 4.69) is 4.98 Å². The molecule has 1 amide bonds. The number of carboxylic acids is 1. The molecule has 0 unspecified atom stereocenters. The molecule has 0 spiro atoms. The minimum absolute atomic E-state index is 0.286. The molecule has 4 rings (SSSR count). The zero-order chi connectivity index (χ0) is 22.5. The maximum Gasteiger partial charge on any atom is 0.353 e. The van der Waals surface area contributed by atoms with Crippen molar-refractivity contribution in [1.29, 1.82) is 0 Å². The Morgan fingerprint density at radius 1 is 1.00 bits per heavy atom. The lowest BCUT2D eigenvalue weighted by atomic mass is 10.1. The first-order valence-corrected chi connectivity index (χ1v) is 9.62. The second-order valence-electron chi connectivity index (χ2n) is 7.15. The van der Waals surface area contributed by atoms with Crippen LogP contribution in [0.4, 0.5) is 5.69 Å². The molecule has 0 saturated carbocycles. The van der Waals surface area contributed by atoms with Crippen molar-refractivity contribution in [2.24, 2.45) is 5.73 Å². The van der Waals surface area contributed by atoms with Gasteiger partial charge >= 0.3 is 5.97 Å². The largest absolute Gasteiger partial charge is 0.477 e. The van der Waals surface area contributed by atoms with Crippen LogP contribution in [0, 0.1) is 6.92 Å². The highest BCUT2D eigenvalue weighted by molar-refractivity contribution is 5.99. The fourth-order valence-electron chi connectivity index (χ4n) is 3.34. The number of aryl methyl sites for hydroxylation is 1. The van der Waals surface area contributed by atoms with E-state index in [0.29, 0.717) is 5.56 Å². The van der Waals surface area contributed by atoms with Gasteiger partial charge < -0.3 is 20.3 Å². The van der Waals surface area contributed by atoms with Crippen LogP contribution in [0.1, 0.15) is 26.4 Å². The third-order valence-electron chi connectivity index (χ3n) is 4.90. The Balaban J connectivity index is 0.000000196. The van der Waals surface area contributed by atoms with E-state index < -0.39 is 5.97 Å². The number of nitrogens with zero attached hydrogens (tertiary/aromatic N) is 3. The van der Waals surface area contributed by atoms with Gasteiger partial charge in [-0.2, -0.15) is 0 Å². The number of anilines is 1. The molecule has 7 nitrogen and oxygen atoms in total. The Kier molecular flexibility index (Phi) is 6.35. The Bertz CT molecular complexity index is 1210. The Morgan fingerprint density at radius 3 is 2.23 bits per heavy atom. The second-order valence-corrected chi connectivity index (χ2v) is 7.15. The van der Waals surface area contributed by atoms with Crippen molar-refractivity contribution in [3.8, 4) is 5.69 Å². The van der Waals surface area contributed by atoms with E-state index in [1.165, 1.54) is 0 Å². The van der Waals surface area contributed by atoms with E-state index >= 15 is 0 Å². The van der Waals surface area contributed by atoms with Crippen LogP contribution in [0.5, 0.6) is 0 Å². The summed E-state index contributed by atoms with van der Waals surface area (Å²) in [6.45, 7) is 1.83. The first-order chi connectivity index (χ1) is 14.8. The topological polar surface area (TPSA) is 101 Å². The molecule has 0 aliphatic rings. The second kappa shape index (κ2) is 9.13. The van der Waals surface area contributed by atoms with Gasteiger partial charge in [-0.15, -0.1) is 0 Å². The summed E-state index contributed by atoms with van der Waals surface area (Å²) < 4.78 is 1.74. The monoisotopic (exact) mass is 416 g/mol. The highest BCUT2D eigenvalue weighted by atomic mass is 16.4. The molecule has 0 fully saturated rings. The molecule has 0 atom stereocenters. The van der Waals surface area contributed by atoms with E-state index in [0.717, 1.165) is 27.8 Å². The van der Waals surface area contributed by atoms with E-state index in [9.17, 15) is 14.7 Å². The average Bonchev–Trinajstić information content (AvgIpc) is 3.08. The number of carbonyl (C=O) groups is 2. The van der Waals surface area contributed by atoms with Gasteiger partial charge in [0.15, 0.2) is 0 Å². The molecule has 0 saturated heterocycles. The number of nitrogens with two attached hydrogens (primary N) is 1. The Hall–Kier alpha value is -4.13. The van der Waals surface area contributed by atoms with Gasteiger partial charge in [0.2, 0.25) is 5.91 Å². The van der Waals surface area contributed by atoms with Crippen LogP contribution < -0.4 is 10.6 Å². The van der Waals surface area contributed by atoms with E-state index in [1.54, 1.807) is 35.2 Å². The van der Waals surface area contributed by atoms with Gasteiger partial charge in [0, 0.05) is 36.9 Å². The van der Waals surface area contributed by atoms with Crippen LogP contribution in [0.25, 0.3) is 16.6 Å². The van der Waals surface area contributed by atoms with Gasteiger partial charge in [-0.3, -0.25) is 9.78 Å². The third-order valence-corrected chi connectivity index (χ3v) is 4.90. The lowest BCUT2D eigenvalue weighted by molar-refractivity contribution is 0.0687. The van der Waals surface area contributed by atoms with E-state index in [1.807, 2.05) is 68.4 Å². The van der Waals surface area contributed by atoms with Gasteiger partial charge in [-0.1, -0.05) is 18.2 Å². The van der Waals surface area contributed by atoms with Crippen LogP contribution in [0.2, 0.25) is 0 Å².